The molecule has 3 heterocycles. The zero-order chi connectivity index (χ0) is 19.4. The molecule has 0 unspecified atom stereocenters. The van der Waals surface area contributed by atoms with Gasteiger partial charge in [0.2, 0.25) is 0 Å². The Morgan fingerprint density at radius 1 is 1.33 bits per heavy atom. The standard InChI is InChI=1S/C19H23N5O3/c1-13(2)24(11-15-8-21-23(4)10-15)19(25)18-7-17(27-22-18)12-26-16-6-5-14(3)20-9-16/h5-10,13H,11-12H2,1-4H3. The molecule has 3 aromatic rings. The van der Waals surface area contributed by atoms with Crippen LogP contribution in [0.1, 0.15) is 41.4 Å². The summed E-state index contributed by atoms with van der Waals surface area (Å²) in [5.74, 6) is 0.912. The van der Waals surface area contributed by atoms with E-state index in [2.05, 4.69) is 15.2 Å². The molecule has 8 nitrogen and oxygen atoms in total. The Kier molecular flexibility index (Phi) is 5.54. The van der Waals surface area contributed by atoms with Crippen molar-refractivity contribution in [2.45, 2.75) is 40.0 Å². The van der Waals surface area contributed by atoms with E-state index >= 15 is 0 Å². The van der Waals surface area contributed by atoms with Gasteiger partial charge in [0, 0.05) is 43.2 Å². The number of aryl methyl sites for hydroxylation is 2. The summed E-state index contributed by atoms with van der Waals surface area (Å²) in [7, 11) is 1.85. The fraction of sp³-hybridized carbons (Fsp3) is 0.368. The molecule has 0 aliphatic carbocycles. The number of carbonyl (C=O) groups excluding carboxylic acids is 1. The molecule has 0 aliphatic heterocycles. The fourth-order valence-electron chi connectivity index (χ4n) is 2.56. The summed E-state index contributed by atoms with van der Waals surface area (Å²) in [5.41, 5.74) is 2.13. The molecule has 0 saturated carbocycles. The van der Waals surface area contributed by atoms with E-state index in [1.165, 1.54) is 0 Å². The van der Waals surface area contributed by atoms with Crippen molar-refractivity contribution < 1.29 is 14.1 Å². The first-order valence-electron chi connectivity index (χ1n) is 8.72. The lowest BCUT2D eigenvalue weighted by Crippen LogP contribution is -2.36. The quantitative estimate of drug-likeness (QED) is 0.636. The van der Waals surface area contributed by atoms with Crippen molar-refractivity contribution in [1.29, 1.82) is 0 Å². The zero-order valence-electron chi connectivity index (χ0n) is 15.9. The van der Waals surface area contributed by atoms with E-state index in [0.717, 1.165) is 11.3 Å². The van der Waals surface area contributed by atoms with Crippen LogP contribution < -0.4 is 4.74 Å². The van der Waals surface area contributed by atoms with Crippen LogP contribution in [-0.4, -0.2) is 36.8 Å². The highest BCUT2D eigenvalue weighted by atomic mass is 16.5. The lowest BCUT2D eigenvalue weighted by atomic mass is 10.2. The summed E-state index contributed by atoms with van der Waals surface area (Å²) >= 11 is 0. The van der Waals surface area contributed by atoms with Crippen LogP contribution in [0.5, 0.6) is 5.75 Å². The number of hydrogen-bond acceptors (Lipinski definition) is 6. The third-order valence-corrected chi connectivity index (χ3v) is 4.04. The molecular weight excluding hydrogens is 346 g/mol. The number of carbonyl (C=O) groups is 1. The lowest BCUT2D eigenvalue weighted by Gasteiger charge is -2.25. The van der Waals surface area contributed by atoms with E-state index in [-0.39, 0.29) is 24.2 Å². The molecule has 0 atom stereocenters. The van der Waals surface area contributed by atoms with E-state index in [1.807, 2.05) is 46.1 Å². The van der Waals surface area contributed by atoms with Gasteiger partial charge in [0.25, 0.3) is 5.91 Å². The molecule has 0 radical (unpaired) electrons. The third kappa shape index (κ3) is 4.72. The highest BCUT2D eigenvalue weighted by molar-refractivity contribution is 5.92. The van der Waals surface area contributed by atoms with Gasteiger partial charge in [0.05, 0.1) is 12.4 Å². The first kappa shape index (κ1) is 18.6. The van der Waals surface area contributed by atoms with Gasteiger partial charge in [0.15, 0.2) is 11.5 Å². The molecule has 0 bridgehead atoms. The number of aromatic nitrogens is 4. The van der Waals surface area contributed by atoms with Crippen molar-refractivity contribution >= 4 is 5.91 Å². The zero-order valence-corrected chi connectivity index (χ0v) is 15.9. The Morgan fingerprint density at radius 3 is 2.78 bits per heavy atom. The summed E-state index contributed by atoms with van der Waals surface area (Å²) in [6.45, 7) is 6.46. The van der Waals surface area contributed by atoms with Gasteiger partial charge >= 0.3 is 0 Å². The molecule has 8 heteroatoms. The summed E-state index contributed by atoms with van der Waals surface area (Å²) in [6, 6.07) is 5.32. The maximum absolute atomic E-state index is 12.8. The van der Waals surface area contributed by atoms with Crippen LogP contribution in [0, 0.1) is 6.92 Å². The first-order chi connectivity index (χ1) is 12.9. The van der Waals surface area contributed by atoms with Crippen LogP contribution in [0.25, 0.3) is 0 Å². The Balaban J connectivity index is 1.65. The Labute approximate surface area is 157 Å². The summed E-state index contributed by atoms with van der Waals surface area (Å²) in [5, 5.41) is 8.06. The lowest BCUT2D eigenvalue weighted by molar-refractivity contribution is 0.0679. The average molecular weight is 369 g/mol. The van der Waals surface area contributed by atoms with E-state index < -0.39 is 0 Å². The SMILES string of the molecule is Cc1ccc(OCc2cc(C(=O)N(Cc3cnn(C)c3)C(C)C)no2)cn1. The van der Waals surface area contributed by atoms with Crippen LogP contribution >= 0.6 is 0 Å². The van der Waals surface area contributed by atoms with Crippen molar-refractivity contribution in [3.05, 3.63) is 59.5 Å². The largest absolute Gasteiger partial charge is 0.484 e. The third-order valence-electron chi connectivity index (χ3n) is 4.04. The monoisotopic (exact) mass is 369 g/mol. The Bertz CT molecular complexity index is 898. The summed E-state index contributed by atoms with van der Waals surface area (Å²) in [4.78, 5) is 18.7. The smallest absolute Gasteiger partial charge is 0.276 e. The molecule has 0 N–H and O–H groups in total. The number of hydrogen-bond donors (Lipinski definition) is 0. The summed E-state index contributed by atoms with van der Waals surface area (Å²) in [6.07, 6.45) is 5.28. The maximum atomic E-state index is 12.8. The van der Waals surface area contributed by atoms with Crippen LogP contribution in [0.4, 0.5) is 0 Å². The van der Waals surface area contributed by atoms with E-state index in [9.17, 15) is 4.79 Å². The molecule has 0 spiro atoms. The second kappa shape index (κ2) is 8.03. The van der Waals surface area contributed by atoms with E-state index in [4.69, 9.17) is 9.26 Å². The minimum absolute atomic E-state index is 0.00717. The van der Waals surface area contributed by atoms with Crippen molar-refractivity contribution in [3.63, 3.8) is 0 Å². The van der Waals surface area contributed by atoms with Crippen LogP contribution in [0.3, 0.4) is 0 Å². The normalized spacial score (nSPS) is 11.0. The van der Waals surface area contributed by atoms with Gasteiger partial charge in [0.1, 0.15) is 12.4 Å². The molecule has 0 saturated heterocycles. The van der Waals surface area contributed by atoms with Gasteiger partial charge in [-0.05, 0) is 32.9 Å². The number of nitrogens with zero attached hydrogens (tertiary/aromatic N) is 5. The highest BCUT2D eigenvalue weighted by Gasteiger charge is 2.23. The van der Waals surface area contributed by atoms with Crippen LogP contribution in [-0.2, 0) is 20.2 Å². The second-order valence-corrected chi connectivity index (χ2v) is 6.65. The highest BCUT2D eigenvalue weighted by Crippen LogP contribution is 2.16. The molecule has 1 amide bonds. The fourth-order valence-corrected chi connectivity index (χ4v) is 2.56. The van der Waals surface area contributed by atoms with Crippen LogP contribution in [0.2, 0.25) is 0 Å². The molecule has 0 aliphatic rings. The van der Waals surface area contributed by atoms with E-state index in [0.29, 0.717) is 18.1 Å². The molecular formula is C19H23N5O3. The van der Waals surface area contributed by atoms with Crippen molar-refractivity contribution in [2.75, 3.05) is 0 Å². The van der Waals surface area contributed by atoms with Gasteiger partial charge in [-0.15, -0.1) is 0 Å². The topological polar surface area (TPSA) is 86.3 Å². The van der Waals surface area contributed by atoms with Gasteiger partial charge in [-0.1, -0.05) is 5.16 Å². The Hall–Kier alpha value is -3.16. The number of pyridine rings is 1. The van der Waals surface area contributed by atoms with Gasteiger partial charge in [-0.2, -0.15) is 5.10 Å². The maximum Gasteiger partial charge on any atom is 0.276 e. The van der Waals surface area contributed by atoms with Crippen molar-refractivity contribution in [1.82, 2.24) is 24.8 Å². The molecule has 0 aromatic carbocycles. The predicted molar refractivity (Wildman–Crippen MR) is 98.0 cm³/mol. The molecule has 27 heavy (non-hydrogen) atoms. The Morgan fingerprint density at radius 2 is 2.15 bits per heavy atom. The van der Waals surface area contributed by atoms with Crippen molar-refractivity contribution in [2.24, 2.45) is 7.05 Å². The van der Waals surface area contributed by atoms with Gasteiger partial charge in [-0.3, -0.25) is 14.5 Å². The minimum atomic E-state index is -0.194. The molecule has 3 rings (SSSR count). The van der Waals surface area contributed by atoms with Gasteiger partial charge < -0.3 is 14.2 Å². The van der Waals surface area contributed by atoms with E-state index in [1.54, 1.807) is 28.0 Å². The summed E-state index contributed by atoms with van der Waals surface area (Å²) < 4.78 is 12.6. The number of ether oxygens (including phenoxy) is 1. The number of amides is 1. The molecule has 3 aromatic heterocycles. The minimum Gasteiger partial charge on any atom is -0.484 e. The molecule has 142 valence electrons. The van der Waals surface area contributed by atoms with Crippen LogP contribution in [0.15, 0.2) is 41.3 Å². The first-order valence-corrected chi connectivity index (χ1v) is 8.72. The molecule has 0 fully saturated rings. The second-order valence-electron chi connectivity index (χ2n) is 6.65. The number of rotatable bonds is 7. The van der Waals surface area contributed by atoms with Gasteiger partial charge in [-0.25, -0.2) is 0 Å². The van der Waals surface area contributed by atoms with Crippen molar-refractivity contribution in [3.8, 4) is 5.75 Å². The predicted octanol–water partition coefficient (Wildman–Crippen LogP) is 2.74. The average Bonchev–Trinajstić information content (AvgIpc) is 3.27.